The summed E-state index contributed by atoms with van der Waals surface area (Å²) in [5.41, 5.74) is 0.440. The summed E-state index contributed by atoms with van der Waals surface area (Å²) in [4.78, 5) is 20.4. The molecule has 2 aromatic rings. The van der Waals surface area contributed by atoms with Gasteiger partial charge in [-0.3, -0.25) is 9.78 Å². The predicted octanol–water partition coefficient (Wildman–Crippen LogP) is 5.98. The highest BCUT2D eigenvalue weighted by atomic mass is 19.4. The maximum absolute atomic E-state index is 13.6. The number of nitrogens with zero attached hydrogens (tertiary/aromatic N) is 4. The van der Waals surface area contributed by atoms with Crippen LogP contribution in [0, 0.1) is 0 Å². The zero-order valence-electron chi connectivity index (χ0n) is 17.4. The maximum atomic E-state index is 13.6. The minimum atomic E-state index is -4.59. The van der Waals surface area contributed by atoms with Gasteiger partial charge in [-0.25, -0.2) is 9.67 Å². The van der Waals surface area contributed by atoms with E-state index in [-0.39, 0.29) is 30.2 Å². The Hall–Kier alpha value is -3.03. The van der Waals surface area contributed by atoms with Crippen molar-refractivity contribution in [2.45, 2.75) is 58.0 Å². The second kappa shape index (κ2) is 10.3. The van der Waals surface area contributed by atoms with Crippen molar-refractivity contribution in [1.29, 1.82) is 0 Å². The van der Waals surface area contributed by atoms with Crippen LogP contribution in [0.25, 0.3) is 11.3 Å². The Morgan fingerprint density at radius 1 is 1.23 bits per heavy atom. The van der Waals surface area contributed by atoms with E-state index in [1.165, 1.54) is 12.4 Å². The lowest BCUT2D eigenvalue weighted by Crippen LogP contribution is -2.21. The van der Waals surface area contributed by atoms with E-state index in [0.29, 0.717) is 17.6 Å². The van der Waals surface area contributed by atoms with E-state index in [4.69, 9.17) is 0 Å². The molecule has 31 heavy (non-hydrogen) atoms. The molecule has 1 aliphatic heterocycles. The molecule has 0 saturated heterocycles. The number of rotatable bonds is 8. The summed E-state index contributed by atoms with van der Waals surface area (Å²) in [6.07, 6.45) is 8.35. The number of aliphatic imine (C=N–C) groups is 1. The molecule has 0 radical (unpaired) electrons. The number of unbranched alkanes of at least 4 members (excludes halogenated alkanes) is 3. The molecule has 0 saturated carbocycles. The summed E-state index contributed by atoms with van der Waals surface area (Å²) in [6.45, 7) is 2.11. The summed E-state index contributed by atoms with van der Waals surface area (Å²) in [7, 11) is 0. The second-order valence-corrected chi connectivity index (χ2v) is 7.45. The first-order valence-electron chi connectivity index (χ1n) is 10.4. The van der Waals surface area contributed by atoms with Crippen LogP contribution in [-0.2, 0) is 11.0 Å². The van der Waals surface area contributed by atoms with E-state index in [9.17, 15) is 18.0 Å². The van der Waals surface area contributed by atoms with E-state index in [2.05, 4.69) is 22.0 Å². The van der Waals surface area contributed by atoms with Crippen molar-refractivity contribution in [2.24, 2.45) is 4.99 Å². The van der Waals surface area contributed by atoms with Crippen molar-refractivity contribution in [3.8, 4) is 11.3 Å². The summed E-state index contributed by atoms with van der Waals surface area (Å²) < 4.78 is 41.8. The molecule has 3 heterocycles. The number of carbonyl (C=O) groups is 1. The smallest absolute Gasteiger partial charge is 0.299 e. The zero-order chi connectivity index (χ0) is 22.3. The lowest BCUT2D eigenvalue weighted by atomic mass is 10.0. The largest absolute Gasteiger partial charge is 0.433 e. The molecule has 3 rings (SSSR count). The normalized spacial score (nSPS) is 14.2. The molecule has 0 amide bonds. The van der Waals surface area contributed by atoms with Crippen LogP contribution in [0.2, 0.25) is 0 Å². The molecular weight excluding hydrogens is 405 g/mol. The fraction of sp³-hybridized carbons (Fsp3) is 0.391. The van der Waals surface area contributed by atoms with Gasteiger partial charge in [0.25, 0.3) is 0 Å². The van der Waals surface area contributed by atoms with Crippen LogP contribution in [0.4, 0.5) is 13.2 Å². The van der Waals surface area contributed by atoms with Crippen LogP contribution in [0.15, 0.2) is 59.5 Å². The number of aromatic nitrogens is 3. The van der Waals surface area contributed by atoms with Crippen molar-refractivity contribution in [3.63, 3.8) is 0 Å². The van der Waals surface area contributed by atoms with Gasteiger partial charge in [-0.1, -0.05) is 38.3 Å². The summed E-state index contributed by atoms with van der Waals surface area (Å²) in [6, 6.07) is 4.29. The third-order valence-corrected chi connectivity index (χ3v) is 4.92. The van der Waals surface area contributed by atoms with Gasteiger partial charge in [-0.05, 0) is 30.2 Å². The zero-order valence-corrected chi connectivity index (χ0v) is 17.4. The second-order valence-electron chi connectivity index (χ2n) is 7.45. The Bertz CT molecular complexity index is 988. The highest BCUT2D eigenvalue weighted by Crippen LogP contribution is 2.32. The summed E-state index contributed by atoms with van der Waals surface area (Å²) >= 11 is 0. The number of hydrogen-bond acceptors (Lipinski definition) is 4. The standard InChI is InChI=1S/C23H25F3N4O/c1-2-3-4-5-10-19(31)13-17-8-6-11-22(28-15-17)30-21(23(24,25)26)14-20(29-30)18-9-7-12-27-16-18/h6-9,12,14-16H,2-5,10-11,13H2,1H3. The van der Waals surface area contributed by atoms with Crippen molar-refractivity contribution in [3.05, 3.63) is 60.2 Å². The van der Waals surface area contributed by atoms with Crippen LogP contribution in [-0.4, -0.2) is 26.4 Å². The first kappa shape index (κ1) is 22.7. The first-order valence-corrected chi connectivity index (χ1v) is 10.4. The number of alkyl halides is 3. The molecule has 0 aliphatic carbocycles. The number of Topliss-reactive ketones (excluding diaryl/α,β-unsaturated/α-hetero) is 1. The monoisotopic (exact) mass is 430 g/mol. The topological polar surface area (TPSA) is 60.1 Å². The van der Waals surface area contributed by atoms with Gasteiger partial charge in [0.1, 0.15) is 17.3 Å². The minimum absolute atomic E-state index is 0.111. The van der Waals surface area contributed by atoms with Crippen LogP contribution >= 0.6 is 0 Å². The van der Waals surface area contributed by atoms with Crippen LogP contribution < -0.4 is 0 Å². The predicted molar refractivity (Wildman–Crippen MR) is 114 cm³/mol. The maximum Gasteiger partial charge on any atom is 0.433 e. The van der Waals surface area contributed by atoms with Crippen molar-refractivity contribution >= 4 is 11.6 Å². The highest BCUT2D eigenvalue weighted by Gasteiger charge is 2.37. The quantitative estimate of drug-likeness (QED) is 0.484. The SMILES string of the molecule is CCCCCCC(=O)CC1=CN=C(n2nc(-c3cccnc3)cc2C(F)(F)F)CC=C1. The number of hydrogen-bond donors (Lipinski definition) is 0. The van der Waals surface area contributed by atoms with Gasteiger partial charge in [0.05, 0.1) is 5.69 Å². The molecule has 164 valence electrons. The van der Waals surface area contributed by atoms with Crippen LogP contribution in [0.1, 0.15) is 57.6 Å². The van der Waals surface area contributed by atoms with Gasteiger partial charge in [0.15, 0.2) is 0 Å². The van der Waals surface area contributed by atoms with Crippen molar-refractivity contribution < 1.29 is 18.0 Å². The third-order valence-electron chi connectivity index (χ3n) is 4.92. The number of pyridine rings is 1. The fourth-order valence-corrected chi connectivity index (χ4v) is 3.31. The number of carbonyl (C=O) groups excluding carboxylic acids is 1. The van der Waals surface area contributed by atoms with E-state index >= 15 is 0 Å². The van der Waals surface area contributed by atoms with Gasteiger partial charge >= 0.3 is 6.18 Å². The Labute approximate surface area is 179 Å². The van der Waals surface area contributed by atoms with Crippen molar-refractivity contribution in [1.82, 2.24) is 14.8 Å². The van der Waals surface area contributed by atoms with Crippen molar-refractivity contribution in [2.75, 3.05) is 0 Å². The average Bonchev–Trinajstić information content (AvgIpc) is 3.08. The molecule has 0 atom stereocenters. The van der Waals surface area contributed by atoms with Crippen LogP contribution in [0.5, 0.6) is 0 Å². The Balaban J connectivity index is 1.81. The molecule has 0 bridgehead atoms. The lowest BCUT2D eigenvalue weighted by molar-refractivity contribution is -0.142. The van der Waals surface area contributed by atoms with E-state index in [0.717, 1.165) is 36.4 Å². The summed E-state index contributed by atoms with van der Waals surface area (Å²) in [5.74, 6) is 0.253. The Morgan fingerprint density at radius 3 is 2.77 bits per heavy atom. The van der Waals surface area contributed by atoms with E-state index in [1.54, 1.807) is 30.5 Å². The number of halogens is 3. The molecular formula is C23H25F3N4O. The van der Waals surface area contributed by atoms with Crippen LogP contribution in [0.3, 0.4) is 0 Å². The highest BCUT2D eigenvalue weighted by molar-refractivity contribution is 5.88. The van der Waals surface area contributed by atoms with Gasteiger partial charge < -0.3 is 0 Å². The molecule has 1 aliphatic rings. The Kier molecular flexibility index (Phi) is 7.55. The fourth-order valence-electron chi connectivity index (χ4n) is 3.31. The minimum Gasteiger partial charge on any atom is -0.299 e. The van der Waals surface area contributed by atoms with E-state index in [1.807, 2.05) is 0 Å². The average molecular weight is 430 g/mol. The number of ketones is 1. The summed E-state index contributed by atoms with van der Waals surface area (Å²) in [5, 5.41) is 4.15. The number of allylic oxidation sites excluding steroid dienone is 3. The molecule has 0 fully saturated rings. The molecule has 0 aromatic carbocycles. The molecule has 2 aromatic heterocycles. The third kappa shape index (κ3) is 6.23. The molecule has 8 heteroatoms. The van der Waals surface area contributed by atoms with Gasteiger partial charge in [0, 0.05) is 43.4 Å². The first-order chi connectivity index (χ1) is 14.9. The molecule has 0 unspecified atom stereocenters. The molecule has 0 spiro atoms. The van der Waals surface area contributed by atoms with E-state index < -0.39 is 11.9 Å². The van der Waals surface area contributed by atoms with Gasteiger partial charge in [-0.15, -0.1) is 0 Å². The van der Waals surface area contributed by atoms with Gasteiger partial charge in [-0.2, -0.15) is 18.3 Å². The lowest BCUT2D eigenvalue weighted by Gasteiger charge is -2.10. The van der Waals surface area contributed by atoms with Gasteiger partial charge in [0.2, 0.25) is 0 Å². The molecule has 0 N–H and O–H groups in total. The molecule has 5 nitrogen and oxygen atoms in total. The Morgan fingerprint density at radius 2 is 2.06 bits per heavy atom.